The molecular formula is C14H18FN. The highest BCUT2D eigenvalue weighted by Crippen LogP contribution is 2.23. The van der Waals surface area contributed by atoms with E-state index in [1.54, 1.807) is 0 Å². The molecular weight excluding hydrogens is 201 g/mol. The molecule has 0 bridgehead atoms. The second-order valence-electron chi connectivity index (χ2n) is 4.68. The number of hydrogen-bond donors (Lipinski definition) is 1. The Morgan fingerprint density at radius 1 is 1.19 bits per heavy atom. The van der Waals surface area contributed by atoms with Crippen molar-refractivity contribution in [2.24, 2.45) is 5.73 Å². The molecule has 1 atom stereocenters. The second-order valence-corrected chi connectivity index (χ2v) is 4.68. The van der Waals surface area contributed by atoms with Gasteiger partial charge < -0.3 is 5.73 Å². The number of nitrogens with two attached hydrogens (primary N) is 1. The lowest BCUT2D eigenvalue weighted by atomic mass is 9.88. The van der Waals surface area contributed by atoms with E-state index < -0.39 is 0 Å². The summed E-state index contributed by atoms with van der Waals surface area (Å²) in [5, 5.41) is 0. The van der Waals surface area contributed by atoms with E-state index in [1.165, 1.54) is 25.0 Å². The Hall–Kier alpha value is -1.15. The molecule has 0 saturated carbocycles. The average Bonchev–Trinajstić information content (AvgIpc) is 2.47. The van der Waals surface area contributed by atoms with Crippen molar-refractivity contribution in [3.63, 3.8) is 0 Å². The van der Waals surface area contributed by atoms with Crippen molar-refractivity contribution in [3.8, 4) is 0 Å². The summed E-state index contributed by atoms with van der Waals surface area (Å²) in [7, 11) is 0. The van der Waals surface area contributed by atoms with Crippen molar-refractivity contribution >= 4 is 0 Å². The Morgan fingerprint density at radius 3 is 2.69 bits per heavy atom. The van der Waals surface area contributed by atoms with E-state index >= 15 is 0 Å². The quantitative estimate of drug-likeness (QED) is 0.759. The number of hydrogen-bond acceptors (Lipinski definition) is 1. The minimum absolute atomic E-state index is 0.189. The van der Waals surface area contributed by atoms with Crippen LogP contribution in [0.1, 0.15) is 31.2 Å². The Bertz CT molecular complexity index is 369. The van der Waals surface area contributed by atoms with Crippen LogP contribution in [-0.4, -0.2) is 5.54 Å². The maximum atomic E-state index is 12.8. The van der Waals surface area contributed by atoms with E-state index in [1.807, 2.05) is 12.1 Å². The third-order valence-electron chi connectivity index (χ3n) is 3.16. The van der Waals surface area contributed by atoms with Gasteiger partial charge in [0.25, 0.3) is 0 Å². The van der Waals surface area contributed by atoms with Crippen molar-refractivity contribution in [1.82, 2.24) is 0 Å². The molecule has 86 valence electrons. The fraction of sp³-hybridized carbons (Fsp3) is 0.429. The normalized spacial score (nSPS) is 25.4. The van der Waals surface area contributed by atoms with Crippen LogP contribution in [0.2, 0.25) is 0 Å². The molecule has 2 heteroatoms. The summed E-state index contributed by atoms with van der Waals surface area (Å²) < 4.78 is 12.8. The SMILES string of the molecule is NC1(Cc2ccc(F)cc2)C=CCCCC1. The molecule has 0 aliphatic heterocycles. The van der Waals surface area contributed by atoms with Gasteiger partial charge in [-0.15, -0.1) is 0 Å². The van der Waals surface area contributed by atoms with Crippen LogP contribution < -0.4 is 5.73 Å². The molecule has 1 aromatic carbocycles. The zero-order chi connectivity index (χ0) is 11.4. The smallest absolute Gasteiger partial charge is 0.123 e. The lowest BCUT2D eigenvalue weighted by Gasteiger charge is -2.25. The molecule has 0 spiro atoms. The van der Waals surface area contributed by atoms with Crippen LogP contribution >= 0.6 is 0 Å². The molecule has 1 aliphatic carbocycles. The molecule has 0 heterocycles. The van der Waals surface area contributed by atoms with Crippen molar-refractivity contribution in [2.75, 3.05) is 0 Å². The third-order valence-corrected chi connectivity index (χ3v) is 3.16. The van der Waals surface area contributed by atoms with Crippen molar-refractivity contribution in [2.45, 2.75) is 37.6 Å². The molecule has 1 nitrogen and oxygen atoms in total. The number of benzene rings is 1. The van der Waals surface area contributed by atoms with Gasteiger partial charge in [-0.25, -0.2) is 4.39 Å². The average molecular weight is 219 g/mol. The number of rotatable bonds is 2. The van der Waals surface area contributed by atoms with E-state index in [0.717, 1.165) is 24.8 Å². The summed E-state index contributed by atoms with van der Waals surface area (Å²) in [5.41, 5.74) is 7.21. The molecule has 2 rings (SSSR count). The van der Waals surface area contributed by atoms with E-state index in [9.17, 15) is 4.39 Å². The molecule has 0 amide bonds. The van der Waals surface area contributed by atoms with Crippen molar-refractivity contribution in [1.29, 1.82) is 0 Å². The Balaban J connectivity index is 2.10. The predicted molar refractivity (Wildman–Crippen MR) is 64.6 cm³/mol. The topological polar surface area (TPSA) is 26.0 Å². The molecule has 1 unspecified atom stereocenters. The Labute approximate surface area is 96.2 Å². The zero-order valence-electron chi connectivity index (χ0n) is 9.45. The summed E-state index contributed by atoms with van der Waals surface area (Å²) in [6.45, 7) is 0. The highest BCUT2D eigenvalue weighted by atomic mass is 19.1. The summed E-state index contributed by atoms with van der Waals surface area (Å²) in [6.07, 6.45) is 9.64. The standard InChI is InChI=1S/C14H18FN/c15-13-7-5-12(6-8-13)11-14(16)9-3-1-2-4-10-14/h3,5-9H,1-2,4,10-11,16H2. The molecule has 0 fully saturated rings. The number of halogens is 1. The van der Waals surface area contributed by atoms with Gasteiger partial charge in [-0.3, -0.25) is 0 Å². The van der Waals surface area contributed by atoms with Gasteiger partial charge in [0.1, 0.15) is 5.82 Å². The molecule has 0 radical (unpaired) electrons. The first-order valence-corrected chi connectivity index (χ1v) is 5.89. The highest BCUT2D eigenvalue weighted by molar-refractivity contribution is 5.22. The van der Waals surface area contributed by atoms with E-state index in [0.29, 0.717) is 0 Å². The van der Waals surface area contributed by atoms with Crippen molar-refractivity contribution in [3.05, 3.63) is 47.8 Å². The van der Waals surface area contributed by atoms with Gasteiger partial charge in [0, 0.05) is 5.54 Å². The van der Waals surface area contributed by atoms with Gasteiger partial charge >= 0.3 is 0 Å². The number of allylic oxidation sites excluding steroid dienone is 1. The predicted octanol–water partition coefficient (Wildman–Crippen LogP) is 3.20. The van der Waals surface area contributed by atoms with E-state index in [4.69, 9.17) is 5.73 Å². The lowest BCUT2D eigenvalue weighted by molar-refractivity contribution is 0.469. The second kappa shape index (κ2) is 4.79. The summed E-state index contributed by atoms with van der Waals surface area (Å²) in [6, 6.07) is 6.64. The molecule has 16 heavy (non-hydrogen) atoms. The fourth-order valence-corrected chi connectivity index (χ4v) is 2.25. The minimum Gasteiger partial charge on any atom is -0.322 e. The van der Waals surface area contributed by atoms with Crippen LogP contribution in [-0.2, 0) is 6.42 Å². The van der Waals surface area contributed by atoms with Gasteiger partial charge in [0.15, 0.2) is 0 Å². The van der Waals surface area contributed by atoms with Crippen LogP contribution in [0.3, 0.4) is 0 Å². The van der Waals surface area contributed by atoms with Gasteiger partial charge in [0.05, 0.1) is 0 Å². The van der Waals surface area contributed by atoms with Crippen LogP contribution in [0.15, 0.2) is 36.4 Å². The molecule has 0 aromatic heterocycles. The molecule has 0 saturated heterocycles. The van der Waals surface area contributed by atoms with Crippen LogP contribution in [0.4, 0.5) is 4.39 Å². The van der Waals surface area contributed by atoms with Gasteiger partial charge in [0.2, 0.25) is 0 Å². The maximum Gasteiger partial charge on any atom is 0.123 e. The maximum absolute atomic E-state index is 12.8. The van der Waals surface area contributed by atoms with Gasteiger partial charge in [-0.05, 0) is 43.4 Å². The third kappa shape index (κ3) is 2.92. The monoisotopic (exact) mass is 219 g/mol. The molecule has 1 aliphatic rings. The Morgan fingerprint density at radius 2 is 1.94 bits per heavy atom. The van der Waals surface area contributed by atoms with Crippen LogP contribution in [0.25, 0.3) is 0 Å². The zero-order valence-corrected chi connectivity index (χ0v) is 9.45. The fourth-order valence-electron chi connectivity index (χ4n) is 2.25. The largest absolute Gasteiger partial charge is 0.322 e. The summed E-state index contributed by atoms with van der Waals surface area (Å²) in [4.78, 5) is 0. The van der Waals surface area contributed by atoms with Gasteiger partial charge in [-0.1, -0.05) is 30.7 Å². The molecule has 2 N–H and O–H groups in total. The first-order valence-electron chi connectivity index (χ1n) is 5.89. The van der Waals surface area contributed by atoms with E-state index in [-0.39, 0.29) is 11.4 Å². The summed E-state index contributed by atoms with van der Waals surface area (Å²) in [5.74, 6) is -0.189. The first-order chi connectivity index (χ1) is 7.68. The van der Waals surface area contributed by atoms with E-state index in [2.05, 4.69) is 12.2 Å². The minimum atomic E-state index is -0.242. The van der Waals surface area contributed by atoms with Gasteiger partial charge in [-0.2, -0.15) is 0 Å². The highest BCUT2D eigenvalue weighted by Gasteiger charge is 2.22. The first kappa shape index (κ1) is 11.3. The lowest BCUT2D eigenvalue weighted by Crippen LogP contribution is -2.39. The molecule has 1 aromatic rings. The van der Waals surface area contributed by atoms with Crippen molar-refractivity contribution < 1.29 is 4.39 Å². The van der Waals surface area contributed by atoms with Crippen LogP contribution in [0, 0.1) is 5.82 Å². The summed E-state index contributed by atoms with van der Waals surface area (Å²) >= 11 is 0. The van der Waals surface area contributed by atoms with Crippen LogP contribution in [0.5, 0.6) is 0 Å². The Kier molecular flexibility index (Phi) is 3.39.